The largest absolute Gasteiger partial charge is 0.352 e. The van der Waals surface area contributed by atoms with Crippen molar-refractivity contribution in [3.63, 3.8) is 0 Å². The highest BCUT2D eigenvalue weighted by atomic mass is 35.5. The summed E-state index contributed by atoms with van der Waals surface area (Å²) in [5, 5.41) is 4.74. The van der Waals surface area contributed by atoms with E-state index in [1.165, 1.54) is 11.8 Å². The van der Waals surface area contributed by atoms with Gasteiger partial charge in [-0.2, -0.15) is 0 Å². The lowest BCUT2D eigenvalue weighted by Crippen LogP contribution is -2.51. The molecule has 4 nitrogen and oxygen atoms in total. The molecular formula is C25H29Cl3N2O2S. The van der Waals surface area contributed by atoms with E-state index >= 15 is 0 Å². The van der Waals surface area contributed by atoms with Gasteiger partial charge in [0.2, 0.25) is 11.8 Å². The van der Waals surface area contributed by atoms with Crippen LogP contribution in [0.3, 0.4) is 0 Å². The number of hydrogen-bond donors (Lipinski definition) is 1. The summed E-state index contributed by atoms with van der Waals surface area (Å²) in [6, 6.07) is 12.6. The molecule has 3 rings (SSSR count). The van der Waals surface area contributed by atoms with Crippen molar-refractivity contribution in [3.05, 3.63) is 68.7 Å². The first-order valence-corrected chi connectivity index (χ1v) is 13.5. The molecule has 2 amide bonds. The number of carbonyl (C=O) groups excluding carboxylic acids is 2. The second kappa shape index (κ2) is 12.9. The van der Waals surface area contributed by atoms with Crippen LogP contribution in [0.5, 0.6) is 0 Å². The number of amides is 2. The fourth-order valence-electron chi connectivity index (χ4n) is 4.04. The van der Waals surface area contributed by atoms with Crippen molar-refractivity contribution in [2.24, 2.45) is 0 Å². The molecule has 0 heterocycles. The zero-order chi connectivity index (χ0) is 23.8. The third-order valence-electron chi connectivity index (χ3n) is 5.83. The van der Waals surface area contributed by atoms with Crippen LogP contribution in [0, 0.1) is 0 Å². The van der Waals surface area contributed by atoms with Crippen LogP contribution in [0.15, 0.2) is 42.5 Å². The summed E-state index contributed by atoms with van der Waals surface area (Å²) in [6.07, 6.45) is 4.80. The lowest BCUT2D eigenvalue weighted by Gasteiger charge is -2.31. The van der Waals surface area contributed by atoms with Gasteiger partial charge in [-0.05, 0) is 54.7 Å². The highest BCUT2D eigenvalue weighted by Gasteiger charge is 2.30. The van der Waals surface area contributed by atoms with Crippen LogP contribution in [0.1, 0.15) is 50.2 Å². The fraction of sp³-hybridized carbons (Fsp3) is 0.440. The molecule has 0 aromatic heterocycles. The van der Waals surface area contributed by atoms with Gasteiger partial charge in [-0.1, -0.05) is 72.8 Å². The minimum absolute atomic E-state index is 0.0755. The van der Waals surface area contributed by atoms with E-state index < -0.39 is 6.04 Å². The fourth-order valence-corrected chi connectivity index (χ4v) is 5.36. The quantitative estimate of drug-likeness (QED) is 0.372. The first-order valence-electron chi connectivity index (χ1n) is 11.2. The number of carbonyl (C=O) groups is 2. The molecule has 8 heteroatoms. The number of halogens is 3. The van der Waals surface area contributed by atoms with Crippen molar-refractivity contribution in [1.29, 1.82) is 0 Å². The average Bonchev–Trinajstić information content (AvgIpc) is 3.30. The van der Waals surface area contributed by atoms with E-state index in [4.69, 9.17) is 34.8 Å². The van der Waals surface area contributed by atoms with Gasteiger partial charge >= 0.3 is 0 Å². The van der Waals surface area contributed by atoms with Gasteiger partial charge in [0.1, 0.15) is 6.04 Å². The Morgan fingerprint density at radius 2 is 1.70 bits per heavy atom. The van der Waals surface area contributed by atoms with E-state index in [9.17, 15) is 9.59 Å². The Morgan fingerprint density at radius 1 is 1.03 bits per heavy atom. The second-order valence-electron chi connectivity index (χ2n) is 8.30. The van der Waals surface area contributed by atoms with Crippen LogP contribution in [0.25, 0.3) is 0 Å². The molecule has 1 atom stereocenters. The predicted molar refractivity (Wildman–Crippen MR) is 139 cm³/mol. The van der Waals surface area contributed by atoms with E-state index in [1.54, 1.807) is 17.0 Å². The molecule has 2 aromatic carbocycles. The molecule has 178 valence electrons. The van der Waals surface area contributed by atoms with Crippen molar-refractivity contribution in [2.45, 2.75) is 63.4 Å². The Bertz CT molecular complexity index is 949. The van der Waals surface area contributed by atoms with Gasteiger partial charge in [0.25, 0.3) is 0 Å². The average molecular weight is 528 g/mol. The lowest BCUT2D eigenvalue weighted by molar-refractivity contribution is -0.139. The van der Waals surface area contributed by atoms with Crippen molar-refractivity contribution < 1.29 is 9.59 Å². The maximum atomic E-state index is 13.3. The second-order valence-corrected chi connectivity index (χ2v) is 10.5. The summed E-state index contributed by atoms with van der Waals surface area (Å²) >= 11 is 19.7. The molecule has 1 saturated carbocycles. The molecule has 1 aliphatic rings. The van der Waals surface area contributed by atoms with Gasteiger partial charge in [-0.15, -0.1) is 11.8 Å². The number of benzene rings is 2. The zero-order valence-corrected chi connectivity index (χ0v) is 21.7. The molecule has 0 spiro atoms. The monoisotopic (exact) mass is 526 g/mol. The van der Waals surface area contributed by atoms with Crippen molar-refractivity contribution in [1.82, 2.24) is 10.2 Å². The van der Waals surface area contributed by atoms with Crippen molar-refractivity contribution in [2.75, 3.05) is 5.75 Å². The number of hydrogen-bond acceptors (Lipinski definition) is 3. The minimum atomic E-state index is -0.538. The van der Waals surface area contributed by atoms with Crippen LogP contribution < -0.4 is 5.32 Å². The summed E-state index contributed by atoms with van der Waals surface area (Å²) in [5.74, 6) is 0.806. The molecule has 2 aromatic rings. The van der Waals surface area contributed by atoms with Crippen LogP contribution in [-0.4, -0.2) is 34.6 Å². The number of nitrogens with one attached hydrogen (secondary N) is 1. The Kier molecular flexibility index (Phi) is 10.2. The standard InChI is InChI=1S/C25H29Cl3N2O2S/c1-2-23(25(32)29-20-5-3-4-6-20)30(14-18-9-12-21(27)22(28)13-18)24(31)16-33-15-17-7-10-19(26)11-8-17/h7-13,20,23H,2-6,14-16H2,1H3,(H,29,32)/t23-/m0/s1. The Balaban J connectivity index is 1.71. The van der Waals surface area contributed by atoms with E-state index in [0.717, 1.165) is 36.8 Å². The zero-order valence-electron chi connectivity index (χ0n) is 18.7. The normalized spacial score (nSPS) is 14.8. The van der Waals surface area contributed by atoms with E-state index in [1.807, 2.05) is 37.3 Å². The van der Waals surface area contributed by atoms with Crippen LogP contribution in [0.4, 0.5) is 0 Å². The number of rotatable bonds is 10. The van der Waals surface area contributed by atoms with E-state index in [0.29, 0.717) is 33.8 Å². The van der Waals surface area contributed by atoms with E-state index in [2.05, 4.69) is 5.32 Å². The summed E-state index contributed by atoms with van der Waals surface area (Å²) in [6.45, 7) is 2.24. The Hall–Kier alpha value is -1.40. The summed E-state index contributed by atoms with van der Waals surface area (Å²) in [7, 11) is 0. The maximum Gasteiger partial charge on any atom is 0.243 e. The van der Waals surface area contributed by atoms with Gasteiger partial charge in [0.15, 0.2) is 0 Å². The molecule has 0 bridgehead atoms. The molecule has 1 aliphatic carbocycles. The third-order valence-corrected chi connectivity index (χ3v) is 7.81. The molecule has 1 N–H and O–H groups in total. The van der Waals surface area contributed by atoms with Crippen molar-refractivity contribution >= 4 is 58.4 Å². The van der Waals surface area contributed by atoms with Gasteiger partial charge in [0, 0.05) is 23.4 Å². The molecule has 0 unspecified atom stereocenters. The molecular weight excluding hydrogens is 499 g/mol. The van der Waals surface area contributed by atoms with Gasteiger partial charge in [0.05, 0.1) is 15.8 Å². The SMILES string of the molecule is CC[C@@H](C(=O)NC1CCCC1)N(Cc1ccc(Cl)c(Cl)c1)C(=O)CSCc1ccc(Cl)cc1. The van der Waals surface area contributed by atoms with Crippen LogP contribution >= 0.6 is 46.6 Å². The maximum absolute atomic E-state index is 13.3. The molecule has 0 radical (unpaired) electrons. The molecule has 0 aliphatic heterocycles. The van der Waals surface area contributed by atoms with Crippen molar-refractivity contribution in [3.8, 4) is 0 Å². The van der Waals surface area contributed by atoms with Gasteiger partial charge in [-0.3, -0.25) is 9.59 Å². The molecule has 1 fully saturated rings. The van der Waals surface area contributed by atoms with E-state index in [-0.39, 0.29) is 23.6 Å². The first-order chi connectivity index (χ1) is 15.9. The third kappa shape index (κ3) is 7.81. The van der Waals surface area contributed by atoms with Gasteiger partial charge in [-0.25, -0.2) is 0 Å². The van der Waals surface area contributed by atoms with Crippen LogP contribution in [0.2, 0.25) is 15.1 Å². The topological polar surface area (TPSA) is 49.4 Å². The summed E-state index contributed by atoms with van der Waals surface area (Å²) in [5.41, 5.74) is 1.94. The van der Waals surface area contributed by atoms with Gasteiger partial charge < -0.3 is 10.2 Å². The Labute approximate surface area is 215 Å². The highest BCUT2D eigenvalue weighted by Crippen LogP contribution is 2.25. The smallest absolute Gasteiger partial charge is 0.243 e. The number of thioether (sulfide) groups is 1. The highest BCUT2D eigenvalue weighted by molar-refractivity contribution is 7.99. The Morgan fingerprint density at radius 3 is 2.33 bits per heavy atom. The summed E-state index contributed by atoms with van der Waals surface area (Å²) in [4.78, 5) is 28.2. The first kappa shape index (κ1) is 26.2. The van der Waals surface area contributed by atoms with Crippen LogP contribution in [-0.2, 0) is 21.9 Å². The predicted octanol–water partition coefficient (Wildman–Crippen LogP) is 6.75. The minimum Gasteiger partial charge on any atom is -0.352 e. The summed E-state index contributed by atoms with van der Waals surface area (Å²) < 4.78 is 0. The lowest BCUT2D eigenvalue weighted by atomic mass is 10.1. The molecule has 33 heavy (non-hydrogen) atoms. The number of nitrogens with zero attached hydrogens (tertiary/aromatic N) is 1. The molecule has 0 saturated heterocycles.